The fourth-order valence-corrected chi connectivity index (χ4v) is 3.23. The van der Waals surface area contributed by atoms with Crippen LogP contribution in [0.25, 0.3) is 0 Å². The first-order valence-corrected chi connectivity index (χ1v) is 7.53. The van der Waals surface area contributed by atoms with Crippen LogP contribution in [0.1, 0.15) is 48.0 Å². The van der Waals surface area contributed by atoms with Gasteiger partial charge in [-0.3, -0.25) is 4.68 Å². The van der Waals surface area contributed by atoms with E-state index in [1.165, 1.54) is 16.1 Å². The predicted molar refractivity (Wildman–Crippen MR) is 79.6 cm³/mol. The Morgan fingerprint density at radius 1 is 1.42 bits per heavy atom. The van der Waals surface area contributed by atoms with Crippen molar-refractivity contribution in [2.75, 3.05) is 0 Å². The second-order valence-corrected chi connectivity index (χ2v) is 6.35. The van der Waals surface area contributed by atoms with E-state index < -0.39 is 0 Å². The summed E-state index contributed by atoms with van der Waals surface area (Å²) < 4.78 is 1.84. The van der Waals surface area contributed by atoms with Gasteiger partial charge in [-0.2, -0.15) is 5.10 Å². The summed E-state index contributed by atoms with van der Waals surface area (Å²) in [6, 6.07) is 0.539. The Morgan fingerprint density at radius 2 is 2.16 bits per heavy atom. The number of hydrogen-bond acceptors (Lipinski definition) is 4. The van der Waals surface area contributed by atoms with Crippen molar-refractivity contribution in [1.82, 2.24) is 20.1 Å². The molecule has 0 aliphatic carbocycles. The van der Waals surface area contributed by atoms with E-state index in [1.807, 2.05) is 17.9 Å². The van der Waals surface area contributed by atoms with Crippen LogP contribution in [0.15, 0.2) is 12.4 Å². The molecule has 2 heterocycles. The third-order valence-electron chi connectivity index (χ3n) is 3.05. The lowest BCUT2D eigenvalue weighted by molar-refractivity contribution is 0.526. The van der Waals surface area contributed by atoms with E-state index in [-0.39, 0.29) is 6.04 Å². The lowest BCUT2D eigenvalue weighted by Gasteiger charge is -2.17. The minimum absolute atomic E-state index is 0.137. The molecule has 0 bridgehead atoms. The van der Waals surface area contributed by atoms with E-state index in [1.54, 1.807) is 11.3 Å². The molecule has 0 saturated heterocycles. The van der Waals surface area contributed by atoms with Gasteiger partial charge < -0.3 is 5.32 Å². The van der Waals surface area contributed by atoms with Gasteiger partial charge in [-0.25, -0.2) is 4.98 Å². The Labute approximate surface area is 118 Å². The molecular weight excluding hydrogens is 256 g/mol. The molecule has 2 aromatic rings. The summed E-state index contributed by atoms with van der Waals surface area (Å²) in [5, 5.41) is 8.99. The maximum absolute atomic E-state index is 4.79. The molecule has 0 aliphatic rings. The Hall–Kier alpha value is -1.20. The molecule has 1 unspecified atom stereocenters. The number of nitrogens with zero attached hydrogens (tertiary/aromatic N) is 3. The van der Waals surface area contributed by atoms with Gasteiger partial charge in [0, 0.05) is 29.7 Å². The Kier molecular flexibility index (Phi) is 4.37. The van der Waals surface area contributed by atoms with Gasteiger partial charge in [0.25, 0.3) is 0 Å². The number of aryl methyl sites for hydroxylation is 3. The lowest BCUT2D eigenvalue weighted by atomic mass is 10.1. The fraction of sp³-hybridized carbons (Fsp3) is 0.571. The van der Waals surface area contributed by atoms with Crippen LogP contribution >= 0.6 is 11.3 Å². The van der Waals surface area contributed by atoms with Crippen molar-refractivity contribution in [2.24, 2.45) is 7.05 Å². The molecule has 0 radical (unpaired) electrons. The molecule has 1 atom stereocenters. The summed E-state index contributed by atoms with van der Waals surface area (Å²) in [7, 11) is 1.94. The van der Waals surface area contributed by atoms with E-state index in [9.17, 15) is 0 Å². The molecule has 0 saturated carbocycles. The van der Waals surface area contributed by atoms with Crippen molar-refractivity contribution in [1.29, 1.82) is 0 Å². The van der Waals surface area contributed by atoms with Crippen LogP contribution in [0.3, 0.4) is 0 Å². The molecule has 2 aromatic heterocycles. The quantitative estimate of drug-likeness (QED) is 0.914. The molecule has 5 heteroatoms. The molecular formula is C14H22N4S. The third-order valence-corrected chi connectivity index (χ3v) is 4.13. The summed E-state index contributed by atoms with van der Waals surface area (Å²) in [4.78, 5) is 6.10. The predicted octanol–water partition coefficient (Wildman–Crippen LogP) is 2.83. The molecule has 0 amide bonds. The van der Waals surface area contributed by atoms with Crippen LogP contribution in [0.5, 0.6) is 0 Å². The average molecular weight is 278 g/mol. The molecule has 1 N–H and O–H groups in total. The maximum atomic E-state index is 4.79. The van der Waals surface area contributed by atoms with E-state index in [4.69, 9.17) is 4.98 Å². The molecule has 104 valence electrons. The van der Waals surface area contributed by atoms with Gasteiger partial charge in [0.05, 0.1) is 17.9 Å². The Morgan fingerprint density at radius 3 is 2.63 bits per heavy atom. The van der Waals surface area contributed by atoms with Crippen LogP contribution in [-0.2, 0) is 13.5 Å². The van der Waals surface area contributed by atoms with Gasteiger partial charge in [-0.15, -0.1) is 11.3 Å². The fourth-order valence-electron chi connectivity index (χ4n) is 2.13. The molecule has 0 aliphatic heterocycles. The molecule has 0 spiro atoms. The molecule has 0 aromatic carbocycles. The highest BCUT2D eigenvalue weighted by molar-refractivity contribution is 7.11. The highest BCUT2D eigenvalue weighted by Gasteiger charge is 2.21. The van der Waals surface area contributed by atoms with Crippen molar-refractivity contribution in [2.45, 2.75) is 46.2 Å². The zero-order valence-corrected chi connectivity index (χ0v) is 13.1. The van der Waals surface area contributed by atoms with Gasteiger partial charge in [0.15, 0.2) is 0 Å². The van der Waals surface area contributed by atoms with Crippen LogP contribution in [0, 0.1) is 6.92 Å². The van der Waals surface area contributed by atoms with Crippen molar-refractivity contribution in [3.05, 3.63) is 33.5 Å². The minimum Gasteiger partial charge on any atom is -0.302 e. The van der Waals surface area contributed by atoms with Crippen LogP contribution in [0.4, 0.5) is 0 Å². The smallest absolute Gasteiger partial charge is 0.115 e. The van der Waals surface area contributed by atoms with Gasteiger partial charge >= 0.3 is 0 Å². The van der Waals surface area contributed by atoms with Crippen LogP contribution < -0.4 is 5.32 Å². The molecule has 2 rings (SSSR count). The first kappa shape index (κ1) is 14.2. The summed E-state index contributed by atoms with van der Waals surface area (Å²) in [5.41, 5.74) is 2.38. The zero-order chi connectivity index (χ0) is 14.0. The van der Waals surface area contributed by atoms with Crippen LogP contribution in [0.2, 0.25) is 0 Å². The van der Waals surface area contributed by atoms with Crippen LogP contribution in [-0.4, -0.2) is 20.8 Å². The number of aromatic nitrogens is 3. The van der Waals surface area contributed by atoms with Crippen molar-refractivity contribution < 1.29 is 0 Å². The average Bonchev–Trinajstić information content (AvgIpc) is 2.92. The van der Waals surface area contributed by atoms with Gasteiger partial charge in [0.2, 0.25) is 0 Å². The summed E-state index contributed by atoms with van der Waals surface area (Å²) in [6.07, 6.45) is 4.97. The van der Waals surface area contributed by atoms with E-state index >= 15 is 0 Å². The third kappa shape index (κ3) is 3.22. The first-order valence-electron chi connectivity index (χ1n) is 6.72. The monoisotopic (exact) mass is 278 g/mol. The lowest BCUT2D eigenvalue weighted by Crippen LogP contribution is -2.28. The van der Waals surface area contributed by atoms with Crippen molar-refractivity contribution >= 4 is 11.3 Å². The van der Waals surface area contributed by atoms with E-state index in [2.05, 4.69) is 44.3 Å². The second kappa shape index (κ2) is 5.84. The SMILES string of the molecule is CCc1nc(C(NC(C)C)c2cnn(C)c2)sc1C. The highest BCUT2D eigenvalue weighted by atomic mass is 32.1. The van der Waals surface area contributed by atoms with Gasteiger partial charge in [0.1, 0.15) is 5.01 Å². The molecule has 0 fully saturated rings. The summed E-state index contributed by atoms with van der Waals surface area (Å²) >= 11 is 1.78. The molecule has 19 heavy (non-hydrogen) atoms. The largest absolute Gasteiger partial charge is 0.302 e. The number of hydrogen-bond donors (Lipinski definition) is 1. The van der Waals surface area contributed by atoms with Gasteiger partial charge in [-0.1, -0.05) is 6.92 Å². The standard InChI is InChI=1S/C14H22N4S/c1-6-12-10(4)19-14(17-12)13(16-9(2)3)11-7-15-18(5)8-11/h7-9,13,16H,6H2,1-5H3. The molecule has 4 nitrogen and oxygen atoms in total. The maximum Gasteiger partial charge on any atom is 0.115 e. The first-order chi connectivity index (χ1) is 9.01. The normalized spacial score (nSPS) is 13.2. The second-order valence-electron chi connectivity index (χ2n) is 5.11. The van der Waals surface area contributed by atoms with E-state index in [0.29, 0.717) is 6.04 Å². The summed E-state index contributed by atoms with van der Waals surface area (Å²) in [5.74, 6) is 0. The van der Waals surface area contributed by atoms with Crippen molar-refractivity contribution in [3.8, 4) is 0 Å². The Balaban J connectivity index is 2.36. The minimum atomic E-state index is 0.137. The van der Waals surface area contributed by atoms with Gasteiger partial charge in [-0.05, 0) is 27.2 Å². The number of thiazole rings is 1. The zero-order valence-electron chi connectivity index (χ0n) is 12.3. The van der Waals surface area contributed by atoms with E-state index in [0.717, 1.165) is 11.4 Å². The van der Waals surface area contributed by atoms with Crippen molar-refractivity contribution in [3.63, 3.8) is 0 Å². The Bertz CT molecular complexity index is 541. The summed E-state index contributed by atoms with van der Waals surface area (Å²) in [6.45, 7) is 8.62. The topological polar surface area (TPSA) is 42.7 Å². The highest BCUT2D eigenvalue weighted by Crippen LogP contribution is 2.28. The number of nitrogens with one attached hydrogen (secondary N) is 1. The number of rotatable bonds is 5.